The molecule has 29 heavy (non-hydrogen) atoms. The fraction of sp³-hybridized carbons (Fsp3) is 0.364. The molecule has 0 amide bonds. The maximum absolute atomic E-state index is 13.0. The van der Waals surface area contributed by atoms with Crippen LogP contribution in [0.15, 0.2) is 47.4 Å². The molecule has 0 bridgehead atoms. The number of carbonyl (C=O) groups is 1. The lowest BCUT2D eigenvalue weighted by atomic mass is 10.1. The Morgan fingerprint density at radius 2 is 1.72 bits per heavy atom. The summed E-state index contributed by atoms with van der Waals surface area (Å²) < 4.78 is 27.4. The number of hydrogen-bond acceptors (Lipinski definition) is 5. The first-order valence-corrected chi connectivity index (χ1v) is 11.2. The van der Waals surface area contributed by atoms with Gasteiger partial charge in [-0.1, -0.05) is 25.5 Å². The monoisotopic (exact) mass is 411 g/mol. The molecular formula is C22H25N3O3S. The van der Waals surface area contributed by atoms with Crippen molar-refractivity contribution in [3.63, 3.8) is 0 Å². The predicted octanol–water partition coefficient (Wildman–Crippen LogP) is 3.22. The topological polar surface area (TPSA) is 81.5 Å². The third kappa shape index (κ3) is 4.50. The number of hydrogen-bond donors (Lipinski definition) is 0. The first-order valence-electron chi connectivity index (χ1n) is 9.76. The van der Waals surface area contributed by atoms with Gasteiger partial charge in [-0.25, -0.2) is 8.42 Å². The fourth-order valence-corrected chi connectivity index (χ4v) is 4.96. The molecule has 7 heteroatoms. The van der Waals surface area contributed by atoms with E-state index in [1.54, 1.807) is 30.3 Å². The Morgan fingerprint density at radius 1 is 1.07 bits per heavy atom. The van der Waals surface area contributed by atoms with Gasteiger partial charge in [0.1, 0.15) is 6.07 Å². The number of nitrogens with zero attached hydrogens (tertiary/aromatic N) is 3. The Kier molecular flexibility index (Phi) is 6.36. The highest BCUT2D eigenvalue weighted by Gasteiger charge is 2.29. The third-order valence-electron chi connectivity index (χ3n) is 5.20. The van der Waals surface area contributed by atoms with E-state index in [0.717, 1.165) is 18.4 Å². The van der Waals surface area contributed by atoms with Crippen molar-refractivity contribution < 1.29 is 13.2 Å². The molecule has 0 unspecified atom stereocenters. The van der Waals surface area contributed by atoms with Gasteiger partial charge in [0.25, 0.3) is 0 Å². The lowest BCUT2D eigenvalue weighted by Gasteiger charge is -2.36. The molecule has 0 radical (unpaired) electrons. The van der Waals surface area contributed by atoms with Crippen LogP contribution in [-0.2, 0) is 16.4 Å². The molecular weight excluding hydrogens is 386 g/mol. The molecule has 1 heterocycles. The largest absolute Gasteiger partial charge is 0.368 e. The maximum Gasteiger partial charge on any atom is 0.243 e. The number of aryl methyl sites for hydroxylation is 1. The van der Waals surface area contributed by atoms with Crippen LogP contribution in [0.25, 0.3) is 0 Å². The van der Waals surface area contributed by atoms with E-state index in [0.29, 0.717) is 47.9 Å². The summed E-state index contributed by atoms with van der Waals surface area (Å²) in [6, 6.07) is 14.3. The van der Waals surface area contributed by atoms with Crippen LogP contribution in [0, 0.1) is 11.3 Å². The molecule has 0 atom stereocenters. The summed E-state index contributed by atoms with van der Waals surface area (Å²) >= 11 is 0. The Bertz CT molecular complexity index is 1030. The van der Waals surface area contributed by atoms with Crippen LogP contribution in [0.4, 0.5) is 5.69 Å². The van der Waals surface area contributed by atoms with Gasteiger partial charge in [0, 0.05) is 31.7 Å². The standard InChI is InChI=1S/C22H25N3O3S/c1-3-4-18-5-9-21(10-6-18)29(27,28)25-13-11-24(12-14-25)22-15-19(17(2)26)7-8-20(22)16-23/h5-10,15H,3-4,11-14H2,1-2H3. The Morgan fingerprint density at radius 3 is 2.28 bits per heavy atom. The number of benzene rings is 2. The average Bonchev–Trinajstić information content (AvgIpc) is 2.74. The van der Waals surface area contributed by atoms with Crippen molar-refractivity contribution in [1.82, 2.24) is 4.31 Å². The molecule has 0 saturated carbocycles. The number of sulfonamides is 1. The fourth-order valence-electron chi connectivity index (χ4n) is 3.54. The first kappa shape index (κ1) is 21.0. The normalized spacial score (nSPS) is 15.1. The summed E-state index contributed by atoms with van der Waals surface area (Å²) in [7, 11) is -3.55. The van der Waals surface area contributed by atoms with Crippen molar-refractivity contribution in [1.29, 1.82) is 5.26 Å². The second-order valence-corrected chi connectivity index (χ2v) is 9.12. The lowest BCUT2D eigenvalue weighted by Crippen LogP contribution is -2.48. The first-order chi connectivity index (χ1) is 13.9. The van der Waals surface area contributed by atoms with Crippen LogP contribution < -0.4 is 4.90 Å². The summed E-state index contributed by atoms with van der Waals surface area (Å²) in [4.78, 5) is 14.0. The maximum atomic E-state index is 13.0. The van der Waals surface area contributed by atoms with Gasteiger partial charge in [-0.15, -0.1) is 0 Å². The molecule has 152 valence electrons. The summed E-state index contributed by atoms with van der Waals surface area (Å²) in [5.74, 6) is -0.0662. The SMILES string of the molecule is CCCc1ccc(S(=O)(=O)N2CCN(c3cc(C(C)=O)ccc3C#N)CC2)cc1. The van der Waals surface area contributed by atoms with Crippen LogP contribution in [0.2, 0.25) is 0 Å². The van der Waals surface area contributed by atoms with Gasteiger partial charge in [0.2, 0.25) is 10.0 Å². The van der Waals surface area contributed by atoms with E-state index in [-0.39, 0.29) is 5.78 Å². The minimum Gasteiger partial charge on any atom is -0.368 e. The van der Waals surface area contributed by atoms with E-state index >= 15 is 0 Å². The summed E-state index contributed by atoms with van der Waals surface area (Å²) in [5.41, 5.74) is 2.84. The molecule has 6 nitrogen and oxygen atoms in total. The van der Waals surface area contributed by atoms with Crippen LogP contribution in [-0.4, -0.2) is 44.7 Å². The minimum absolute atomic E-state index is 0.0662. The van der Waals surface area contributed by atoms with Gasteiger partial charge < -0.3 is 4.90 Å². The smallest absolute Gasteiger partial charge is 0.243 e. The van der Waals surface area contributed by atoms with Crippen LogP contribution in [0.5, 0.6) is 0 Å². The summed E-state index contributed by atoms with van der Waals surface area (Å²) in [5, 5.41) is 9.40. The second-order valence-electron chi connectivity index (χ2n) is 7.19. The highest BCUT2D eigenvalue weighted by atomic mass is 32.2. The van der Waals surface area contributed by atoms with Crippen LogP contribution >= 0.6 is 0 Å². The lowest BCUT2D eigenvalue weighted by molar-refractivity contribution is 0.101. The van der Waals surface area contributed by atoms with E-state index in [9.17, 15) is 18.5 Å². The third-order valence-corrected chi connectivity index (χ3v) is 7.12. The predicted molar refractivity (Wildman–Crippen MR) is 113 cm³/mol. The Balaban J connectivity index is 1.76. The van der Waals surface area contributed by atoms with E-state index < -0.39 is 10.0 Å². The zero-order valence-electron chi connectivity index (χ0n) is 16.8. The second kappa shape index (κ2) is 8.76. The molecule has 1 saturated heterocycles. The van der Waals surface area contributed by atoms with Gasteiger partial charge in [0.15, 0.2) is 5.78 Å². The van der Waals surface area contributed by atoms with Gasteiger partial charge in [-0.3, -0.25) is 4.79 Å². The number of rotatable bonds is 6. The molecule has 1 aliphatic heterocycles. The zero-order chi connectivity index (χ0) is 21.0. The van der Waals surface area contributed by atoms with E-state index in [2.05, 4.69) is 13.0 Å². The van der Waals surface area contributed by atoms with Crippen molar-refractivity contribution in [2.45, 2.75) is 31.6 Å². The van der Waals surface area contributed by atoms with Gasteiger partial charge >= 0.3 is 0 Å². The molecule has 2 aromatic carbocycles. The zero-order valence-corrected chi connectivity index (χ0v) is 17.6. The van der Waals surface area contributed by atoms with Crippen LogP contribution in [0.1, 0.15) is 41.8 Å². The molecule has 0 aliphatic carbocycles. The van der Waals surface area contributed by atoms with Gasteiger partial charge in [-0.05, 0) is 49.2 Å². The number of anilines is 1. The Hall–Kier alpha value is -2.69. The van der Waals surface area contributed by atoms with E-state index in [4.69, 9.17) is 0 Å². The van der Waals surface area contributed by atoms with Crippen molar-refractivity contribution in [2.75, 3.05) is 31.1 Å². The molecule has 0 N–H and O–H groups in total. The van der Waals surface area contributed by atoms with Crippen molar-refractivity contribution in [2.24, 2.45) is 0 Å². The van der Waals surface area contributed by atoms with Gasteiger partial charge in [0.05, 0.1) is 16.1 Å². The number of carbonyl (C=O) groups excluding carboxylic acids is 1. The Labute approximate surface area is 172 Å². The highest BCUT2D eigenvalue weighted by Crippen LogP contribution is 2.25. The quantitative estimate of drug-likeness (QED) is 0.682. The molecule has 2 aromatic rings. The number of piperazine rings is 1. The molecule has 1 aliphatic rings. The average molecular weight is 412 g/mol. The minimum atomic E-state index is -3.55. The van der Waals surface area contributed by atoms with Crippen molar-refractivity contribution in [3.8, 4) is 6.07 Å². The summed E-state index contributed by atoms with van der Waals surface area (Å²) in [6.07, 6.45) is 1.95. The highest BCUT2D eigenvalue weighted by molar-refractivity contribution is 7.89. The van der Waals surface area contributed by atoms with Gasteiger partial charge in [-0.2, -0.15) is 9.57 Å². The molecule has 1 fully saturated rings. The van der Waals surface area contributed by atoms with Crippen LogP contribution in [0.3, 0.4) is 0 Å². The van der Waals surface area contributed by atoms with E-state index in [1.807, 2.05) is 17.0 Å². The van der Waals surface area contributed by atoms with Crippen molar-refractivity contribution in [3.05, 3.63) is 59.2 Å². The molecule has 0 aromatic heterocycles. The molecule has 3 rings (SSSR count). The molecule has 0 spiro atoms. The van der Waals surface area contributed by atoms with Crippen molar-refractivity contribution >= 4 is 21.5 Å². The van der Waals surface area contributed by atoms with E-state index in [1.165, 1.54) is 11.2 Å². The number of Topliss-reactive ketones (excluding diaryl/α,β-unsaturated/α-hetero) is 1. The number of nitriles is 1. The summed E-state index contributed by atoms with van der Waals surface area (Å²) in [6.45, 7) is 5.16. The number of ketones is 1.